The topological polar surface area (TPSA) is 17.1 Å². The summed E-state index contributed by atoms with van der Waals surface area (Å²) >= 11 is 1.75. The van der Waals surface area contributed by atoms with Crippen molar-refractivity contribution in [1.29, 1.82) is 0 Å². The Morgan fingerprint density at radius 2 is 1.00 bits per heavy atom. The van der Waals surface area contributed by atoms with Crippen LogP contribution >= 0.6 is 11.3 Å². The van der Waals surface area contributed by atoms with E-state index in [1.165, 1.54) is 0 Å². The molecule has 0 saturated heterocycles. The molecule has 1 nitrogen and oxygen atoms in total. The van der Waals surface area contributed by atoms with Crippen molar-refractivity contribution >= 4 is 53.1 Å². The quantitative estimate of drug-likeness (QED) is 0.357. The molecule has 5 aromatic rings. The van der Waals surface area contributed by atoms with Crippen molar-refractivity contribution in [3.63, 3.8) is 0 Å². The molecule has 23 heavy (non-hydrogen) atoms. The van der Waals surface area contributed by atoms with Crippen LogP contribution in [-0.2, 0) is 0 Å². The second-order valence-electron chi connectivity index (χ2n) is 5.75. The second-order valence-corrected chi connectivity index (χ2v) is 6.83. The summed E-state index contributed by atoms with van der Waals surface area (Å²) in [6.07, 6.45) is 0. The standard InChI is InChI=1S/C21H12OS/c22-21-15-9-1-5-13-7-3-11-17(19(13)15)23-18-12-4-8-14-6-2-10-16(21)20(14)18/h1-12H. The molecule has 0 atom stereocenters. The molecule has 2 heteroatoms. The summed E-state index contributed by atoms with van der Waals surface area (Å²) in [5.41, 5.74) is 0.112. The zero-order valence-corrected chi connectivity index (χ0v) is 13.1. The maximum absolute atomic E-state index is 13.2. The Morgan fingerprint density at radius 3 is 1.48 bits per heavy atom. The van der Waals surface area contributed by atoms with Crippen molar-refractivity contribution in [3.8, 4) is 0 Å². The first-order chi connectivity index (χ1) is 11.3. The van der Waals surface area contributed by atoms with Gasteiger partial charge in [0.15, 0.2) is 5.43 Å². The third-order valence-corrected chi connectivity index (χ3v) is 5.56. The van der Waals surface area contributed by atoms with Crippen LogP contribution in [0.2, 0.25) is 0 Å². The molecule has 0 unspecified atom stereocenters. The summed E-state index contributed by atoms with van der Waals surface area (Å²) in [6.45, 7) is 0. The Hall–Kier alpha value is -2.71. The van der Waals surface area contributed by atoms with E-state index in [0.29, 0.717) is 0 Å². The van der Waals surface area contributed by atoms with Gasteiger partial charge in [0, 0.05) is 30.9 Å². The third-order valence-electron chi connectivity index (χ3n) is 4.44. The van der Waals surface area contributed by atoms with Gasteiger partial charge in [-0.3, -0.25) is 4.79 Å². The van der Waals surface area contributed by atoms with E-state index in [1.54, 1.807) is 11.3 Å². The van der Waals surface area contributed by atoms with Crippen molar-refractivity contribution < 1.29 is 0 Å². The molecule has 4 aromatic carbocycles. The molecule has 1 heterocycles. The summed E-state index contributed by atoms with van der Waals surface area (Å²) < 4.78 is 2.29. The Morgan fingerprint density at radius 1 is 0.565 bits per heavy atom. The van der Waals surface area contributed by atoms with Gasteiger partial charge in [0.1, 0.15) is 0 Å². The lowest BCUT2D eigenvalue weighted by Gasteiger charge is -2.06. The number of rotatable bonds is 0. The summed E-state index contributed by atoms with van der Waals surface area (Å²) in [4.78, 5) is 13.2. The van der Waals surface area contributed by atoms with Crippen LogP contribution in [0.15, 0.2) is 77.6 Å². The van der Waals surface area contributed by atoms with Crippen molar-refractivity contribution in [1.82, 2.24) is 0 Å². The minimum Gasteiger partial charge on any atom is -0.289 e. The highest BCUT2D eigenvalue weighted by molar-refractivity contribution is 7.24. The highest BCUT2D eigenvalue weighted by atomic mass is 32.1. The van der Waals surface area contributed by atoms with Crippen LogP contribution in [-0.4, -0.2) is 0 Å². The molecular formula is C21H12OS. The van der Waals surface area contributed by atoms with Crippen molar-refractivity contribution in [2.45, 2.75) is 0 Å². The molecule has 0 amide bonds. The molecule has 5 rings (SSSR count). The fourth-order valence-electron chi connectivity index (χ4n) is 3.43. The largest absolute Gasteiger partial charge is 0.289 e. The van der Waals surface area contributed by atoms with E-state index in [2.05, 4.69) is 48.5 Å². The van der Waals surface area contributed by atoms with E-state index in [-0.39, 0.29) is 5.43 Å². The lowest BCUT2D eigenvalue weighted by molar-refractivity contribution is 1.75. The predicted octanol–water partition coefficient (Wildman–Crippen LogP) is 5.72. The summed E-state index contributed by atoms with van der Waals surface area (Å²) in [5.74, 6) is 0. The Balaban J connectivity index is 2.28. The van der Waals surface area contributed by atoms with Crippen LogP contribution in [0.25, 0.3) is 41.7 Å². The Bertz CT molecular complexity index is 1170. The maximum Gasteiger partial charge on any atom is 0.194 e. The van der Waals surface area contributed by atoms with Gasteiger partial charge in [0.25, 0.3) is 0 Å². The summed E-state index contributed by atoms with van der Waals surface area (Å²) in [6, 6.07) is 24.5. The van der Waals surface area contributed by atoms with Crippen LogP contribution in [0.1, 0.15) is 0 Å². The van der Waals surface area contributed by atoms with Crippen molar-refractivity contribution in [2.75, 3.05) is 0 Å². The van der Waals surface area contributed by atoms with E-state index >= 15 is 0 Å². The molecule has 0 aliphatic carbocycles. The van der Waals surface area contributed by atoms with Crippen molar-refractivity contribution in [3.05, 3.63) is 83.0 Å². The third kappa shape index (κ3) is 1.76. The van der Waals surface area contributed by atoms with Gasteiger partial charge in [0.05, 0.1) is 0 Å². The van der Waals surface area contributed by atoms with Gasteiger partial charge in [-0.05, 0) is 22.9 Å². The first-order valence-electron chi connectivity index (χ1n) is 7.59. The van der Waals surface area contributed by atoms with Gasteiger partial charge >= 0.3 is 0 Å². The zero-order chi connectivity index (χ0) is 15.4. The fourth-order valence-corrected chi connectivity index (χ4v) is 4.62. The summed E-state index contributed by atoms with van der Waals surface area (Å²) in [5, 5.41) is 5.97. The SMILES string of the molecule is O=c1c2cccc3cccc(sc4cccc5cccc1c54)c32. The van der Waals surface area contributed by atoms with E-state index in [1.807, 2.05) is 24.3 Å². The second kappa shape index (κ2) is 4.64. The molecule has 1 aromatic heterocycles. The summed E-state index contributed by atoms with van der Waals surface area (Å²) in [7, 11) is 0. The molecule has 0 N–H and O–H groups in total. The van der Waals surface area contributed by atoms with Gasteiger partial charge in [-0.2, -0.15) is 0 Å². The highest BCUT2D eigenvalue weighted by Crippen LogP contribution is 2.33. The van der Waals surface area contributed by atoms with Crippen molar-refractivity contribution in [2.24, 2.45) is 0 Å². The van der Waals surface area contributed by atoms with E-state index in [4.69, 9.17) is 0 Å². The first-order valence-corrected chi connectivity index (χ1v) is 8.40. The minimum absolute atomic E-state index is 0.112. The molecule has 0 bridgehead atoms. The van der Waals surface area contributed by atoms with Crippen LogP contribution in [0.3, 0.4) is 0 Å². The lowest BCUT2D eigenvalue weighted by atomic mass is 10.0. The fraction of sp³-hybridized carbons (Fsp3) is 0. The molecular weight excluding hydrogens is 300 g/mol. The number of hydrogen-bond acceptors (Lipinski definition) is 2. The Labute approximate surface area is 136 Å². The van der Waals surface area contributed by atoms with E-state index in [0.717, 1.165) is 41.7 Å². The molecule has 108 valence electrons. The molecule has 0 saturated carbocycles. The van der Waals surface area contributed by atoms with Gasteiger partial charge in [-0.1, -0.05) is 60.7 Å². The normalized spacial score (nSPS) is 11.7. The highest BCUT2D eigenvalue weighted by Gasteiger charge is 2.09. The monoisotopic (exact) mass is 312 g/mol. The average molecular weight is 312 g/mol. The average Bonchev–Trinajstić information content (AvgIpc) is 2.60. The first kappa shape index (κ1) is 12.8. The zero-order valence-electron chi connectivity index (χ0n) is 12.2. The van der Waals surface area contributed by atoms with Crippen LogP contribution in [0.4, 0.5) is 0 Å². The molecule has 0 aliphatic heterocycles. The lowest BCUT2D eigenvalue weighted by Crippen LogP contribution is -2.00. The molecule has 0 aliphatic rings. The van der Waals surface area contributed by atoms with E-state index < -0.39 is 0 Å². The molecule has 0 fully saturated rings. The van der Waals surface area contributed by atoms with Crippen LogP contribution in [0, 0.1) is 0 Å². The van der Waals surface area contributed by atoms with Gasteiger partial charge in [-0.15, -0.1) is 11.3 Å². The maximum atomic E-state index is 13.2. The smallest absolute Gasteiger partial charge is 0.194 e. The van der Waals surface area contributed by atoms with E-state index in [9.17, 15) is 4.79 Å². The van der Waals surface area contributed by atoms with Crippen LogP contribution < -0.4 is 5.43 Å². The van der Waals surface area contributed by atoms with Gasteiger partial charge in [-0.25, -0.2) is 0 Å². The predicted molar refractivity (Wildman–Crippen MR) is 101 cm³/mol. The molecule has 0 spiro atoms. The number of benzene rings is 4. The molecule has 0 radical (unpaired) electrons. The Kier molecular flexibility index (Phi) is 2.58. The number of hydrogen-bond donors (Lipinski definition) is 0. The minimum atomic E-state index is 0.112. The van der Waals surface area contributed by atoms with Gasteiger partial charge < -0.3 is 0 Å². The van der Waals surface area contributed by atoms with Gasteiger partial charge in [0.2, 0.25) is 0 Å². The van der Waals surface area contributed by atoms with Crippen LogP contribution in [0.5, 0.6) is 0 Å².